The molecule has 2 aromatic carbocycles. The maximum Gasteiger partial charge on any atom is 0.313 e. The van der Waals surface area contributed by atoms with Crippen molar-refractivity contribution < 1.29 is 33.8 Å². The molecule has 48 heavy (non-hydrogen) atoms. The minimum atomic E-state index is -1.51. The summed E-state index contributed by atoms with van der Waals surface area (Å²) in [5, 5.41) is 18.5. The number of benzene rings is 2. The van der Waals surface area contributed by atoms with E-state index >= 15 is 0 Å². The number of aliphatic hydroxyl groups excluding tert-OH is 1. The summed E-state index contributed by atoms with van der Waals surface area (Å²) in [4.78, 5) is 60.9. The maximum atomic E-state index is 14.5. The number of hydrogen-bond donors (Lipinski definition) is 1. The third-order valence-electron chi connectivity index (χ3n) is 10.1. The van der Waals surface area contributed by atoms with Crippen molar-refractivity contribution in [3.63, 3.8) is 0 Å². The first-order valence-electron chi connectivity index (χ1n) is 16.3. The summed E-state index contributed by atoms with van der Waals surface area (Å²) in [5.74, 6) is -3.83. The number of fused-ring (bicyclic) bond motifs is 3. The first-order chi connectivity index (χ1) is 23.2. The first kappa shape index (κ1) is 31.7. The summed E-state index contributed by atoms with van der Waals surface area (Å²) in [7, 11) is 1.69. The van der Waals surface area contributed by atoms with Crippen molar-refractivity contribution in [2.45, 2.75) is 56.3 Å². The van der Waals surface area contributed by atoms with Crippen LogP contribution in [0.25, 0.3) is 11.0 Å². The number of β-amino-alcohol motifs (C(OH)–C–C–N with tert-alkyl or cyclic N) is 1. The standard InChI is InChI=1S/C35H38N6O7/c1-22-30(23-11-4-3-5-12-23)47-34(46)28-26(15-8-9-16-27(43)38(22)2)48-35-17-10-18-39(21-41-25-14-7-6-13-24(25)36-37-41)33(45)31(35)40(19-20-42)32(44)29(28)35/h3-8,10-15,17,22,26,28-31,42H,9,16,18-21H2,1-2H3/b15-8-/t22-,26-,28+,29+,30+,31-,35+/m1/s1. The van der Waals surface area contributed by atoms with Gasteiger partial charge < -0.3 is 29.3 Å². The topological polar surface area (TPSA) is 147 Å². The number of carbonyl (C=O) groups excluding carboxylic acids is 4. The Morgan fingerprint density at radius 1 is 1.00 bits per heavy atom. The molecule has 13 nitrogen and oxygen atoms in total. The second-order valence-corrected chi connectivity index (χ2v) is 12.8. The second-order valence-electron chi connectivity index (χ2n) is 12.8. The van der Waals surface area contributed by atoms with Gasteiger partial charge in [0, 0.05) is 26.6 Å². The van der Waals surface area contributed by atoms with Crippen LogP contribution in [-0.4, -0.2) is 109 Å². The van der Waals surface area contributed by atoms with Gasteiger partial charge in [-0.3, -0.25) is 19.2 Å². The number of rotatable bonds is 5. The normalized spacial score (nSPS) is 31.5. The van der Waals surface area contributed by atoms with Gasteiger partial charge in [-0.25, -0.2) is 4.68 Å². The van der Waals surface area contributed by atoms with Crippen LogP contribution < -0.4 is 0 Å². The molecule has 4 aliphatic heterocycles. The van der Waals surface area contributed by atoms with Crippen LogP contribution in [0.2, 0.25) is 0 Å². The molecule has 3 aromatic rings. The molecule has 2 saturated heterocycles. The van der Waals surface area contributed by atoms with Gasteiger partial charge in [-0.2, -0.15) is 0 Å². The molecule has 0 unspecified atom stereocenters. The molecule has 0 saturated carbocycles. The lowest BCUT2D eigenvalue weighted by molar-refractivity contribution is -0.164. The molecular formula is C35H38N6O7. The fourth-order valence-electron chi connectivity index (χ4n) is 7.59. The van der Waals surface area contributed by atoms with Crippen molar-refractivity contribution >= 4 is 34.7 Å². The SMILES string of the molecule is C[C@@H]1[C@@H](c2ccccc2)OC(=O)[C@@H]2[C@H]3C(=O)N(CCO)[C@@H]4C(=O)N(Cn5nnc6ccccc65)CC=C[C@]34O[C@@H]2/C=C\CCC(=O)N1C. The fraction of sp³-hybridized carbons (Fsp3) is 0.429. The van der Waals surface area contributed by atoms with Gasteiger partial charge in [0.25, 0.3) is 5.91 Å². The zero-order valence-electron chi connectivity index (χ0n) is 26.8. The Kier molecular flexibility index (Phi) is 8.34. The lowest BCUT2D eigenvalue weighted by Gasteiger charge is -2.35. The minimum Gasteiger partial charge on any atom is -0.455 e. The summed E-state index contributed by atoms with van der Waals surface area (Å²) in [6.45, 7) is 1.58. The van der Waals surface area contributed by atoms with Gasteiger partial charge in [-0.15, -0.1) is 5.10 Å². The summed E-state index contributed by atoms with van der Waals surface area (Å²) in [6, 6.07) is 14.9. The highest BCUT2D eigenvalue weighted by atomic mass is 16.6. The van der Waals surface area contributed by atoms with Gasteiger partial charge in [0.1, 0.15) is 35.9 Å². The van der Waals surface area contributed by atoms with Crippen molar-refractivity contribution in [1.29, 1.82) is 0 Å². The zero-order chi connectivity index (χ0) is 33.6. The van der Waals surface area contributed by atoms with Crippen LogP contribution in [0.3, 0.4) is 0 Å². The molecule has 1 aromatic heterocycles. The number of carbonyl (C=O) groups is 4. The van der Waals surface area contributed by atoms with Crippen molar-refractivity contribution in [3.8, 4) is 0 Å². The van der Waals surface area contributed by atoms with E-state index in [2.05, 4.69) is 10.3 Å². The van der Waals surface area contributed by atoms with Crippen molar-refractivity contribution in [2.24, 2.45) is 11.8 Å². The Bertz CT molecular complexity index is 1790. The fourth-order valence-corrected chi connectivity index (χ4v) is 7.59. The van der Waals surface area contributed by atoms with Crippen molar-refractivity contribution in [1.82, 2.24) is 29.7 Å². The molecule has 0 bridgehead atoms. The van der Waals surface area contributed by atoms with Crippen LogP contribution in [-0.2, 0) is 35.3 Å². The van der Waals surface area contributed by atoms with Crippen LogP contribution in [0.1, 0.15) is 31.4 Å². The molecule has 2 fully saturated rings. The highest BCUT2D eigenvalue weighted by Gasteiger charge is 2.71. The van der Waals surface area contributed by atoms with Crippen LogP contribution >= 0.6 is 0 Å². The van der Waals surface area contributed by atoms with E-state index in [9.17, 15) is 24.3 Å². The number of likely N-dealkylation sites (tertiary alicyclic amines) is 1. The third-order valence-corrected chi connectivity index (χ3v) is 10.1. The van der Waals surface area contributed by atoms with Crippen molar-refractivity contribution in [2.75, 3.05) is 26.7 Å². The minimum absolute atomic E-state index is 0.0646. The number of likely N-dealkylation sites (N-methyl/N-ethyl adjacent to an activating group) is 1. The Morgan fingerprint density at radius 3 is 2.56 bits per heavy atom. The number of aromatic nitrogens is 3. The quantitative estimate of drug-likeness (QED) is 0.322. The smallest absolute Gasteiger partial charge is 0.313 e. The number of cyclic esters (lactones) is 1. The number of para-hydroxylation sites is 1. The Hall–Kier alpha value is -4.88. The lowest BCUT2D eigenvalue weighted by Crippen LogP contribution is -2.55. The monoisotopic (exact) mass is 654 g/mol. The van der Waals surface area contributed by atoms with Gasteiger partial charge in [-0.05, 0) is 31.0 Å². The molecule has 5 heterocycles. The highest BCUT2D eigenvalue weighted by Crippen LogP contribution is 2.53. The van der Waals surface area contributed by atoms with E-state index in [4.69, 9.17) is 9.47 Å². The van der Waals surface area contributed by atoms with E-state index in [-0.39, 0.29) is 38.7 Å². The molecule has 7 rings (SSSR count). The summed E-state index contributed by atoms with van der Waals surface area (Å²) >= 11 is 0. The summed E-state index contributed by atoms with van der Waals surface area (Å²) in [6.07, 6.45) is 5.90. The Morgan fingerprint density at radius 2 is 1.77 bits per heavy atom. The number of allylic oxidation sites excluding steroid dienone is 1. The second kappa shape index (κ2) is 12.6. The van der Waals surface area contributed by atoms with Crippen LogP contribution in [0.5, 0.6) is 0 Å². The molecule has 4 aliphatic rings. The number of nitrogens with zero attached hydrogens (tertiary/aromatic N) is 6. The lowest BCUT2D eigenvalue weighted by atomic mass is 9.77. The average molecular weight is 655 g/mol. The Balaban J connectivity index is 1.28. The van der Waals surface area contributed by atoms with Crippen LogP contribution in [0.15, 0.2) is 78.9 Å². The van der Waals surface area contributed by atoms with Gasteiger partial charge in [-0.1, -0.05) is 72.0 Å². The van der Waals surface area contributed by atoms with Gasteiger partial charge in [0.2, 0.25) is 11.8 Å². The Labute approximate surface area is 277 Å². The maximum absolute atomic E-state index is 14.5. The van der Waals surface area contributed by atoms with Crippen LogP contribution in [0.4, 0.5) is 0 Å². The van der Waals surface area contributed by atoms with E-state index in [1.807, 2.05) is 61.5 Å². The predicted octanol–water partition coefficient (Wildman–Crippen LogP) is 1.84. The average Bonchev–Trinajstić information content (AvgIpc) is 3.69. The van der Waals surface area contributed by atoms with E-state index < -0.39 is 59.5 Å². The van der Waals surface area contributed by atoms with Crippen molar-refractivity contribution in [3.05, 3.63) is 84.5 Å². The number of amides is 3. The molecule has 7 atom stereocenters. The van der Waals surface area contributed by atoms with E-state index in [0.717, 1.165) is 5.52 Å². The molecular weight excluding hydrogens is 616 g/mol. The molecule has 0 aliphatic carbocycles. The number of ether oxygens (including phenoxy) is 2. The van der Waals surface area contributed by atoms with E-state index in [1.165, 1.54) is 4.90 Å². The molecule has 3 amide bonds. The van der Waals surface area contributed by atoms with Gasteiger partial charge in [0.15, 0.2) is 0 Å². The van der Waals surface area contributed by atoms with E-state index in [0.29, 0.717) is 17.5 Å². The highest BCUT2D eigenvalue weighted by molar-refractivity contribution is 5.99. The first-order valence-corrected chi connectivity index (χ1v) is 16.3. The predicted molar refractivity (Wildman–Crippen MR) is 171 cm³/mol. The molecule has 13 heteroatoms. The molecule has 0 radical (unpaired) electrons. The molecule has 1 spiro atoms. The van der Waals surface area contributed by atoms with E-state index in [1.54, 1.807) is 45.8 Å². The number of esters is 1. The largest absolute Gasteiger partial charge is 0.455 e. The van der Waals surface area contributed by atoms with Gasteiger partial charge >= 0.3 is 5.97 Å². The zero-order valence-corrected chi connectivity index (χ0v) is 26.8. The number of aliphatic hydroxyl groups is 1. The summed E-state index contributed by atoms with van der Waals surface area (Å²) in [5.41, 5.74) is 0.616. The number of hydrogen-bond acceptors (Lipinski definition) is 9. The third kappa shape index (κ3) is 5.17. The summed E-state index contributed by atoms with van der Waals surface area (Å²) < 4.78 is 14.6. The van der Waals surface area contributed by atoms with Crippen LogP contribution in [0, 0.1) is 11.8 Å². The molecule has 250 valence electrons. The van der Waals surface area contributed by atoms with Gasteiger partial charge in [0.05, 0.1) is 30.2 Å². The molecule has 1 N–H and O–H groups in total.